The quantitative estimate of drug-likeness (QED) is 0.142. The molecular weight excluding hydrogens is 374 g/mol. The molecule has 0 radical (unpaired) electrons. The molecule has 1 rings (SSSR count). The van der Waals surface area contributed by atoms with E-state index in [9.17, 15) is 9.90 Å². The molecular formula is C25H46N3O2+. The van der Waals surface area contributed by atoms with Crippen LogP contribution in [0.2, 0.25) is 0 Å². The highest BCUT2D eigenvalue weighted by molar-refractivity contribution is 5.81. The number of unbranched alkanes of at least 4 members (excludes halogenated alkanes) is 12. The lowest BCUT2D eigenvalue weighted by atomic mass is 10.0. The number of nitrogens with two attached hydrogens (primary N) is 1. The van der Waals surface area contributed by atoms with Gasteiger partial charge in [0.2, 0.25) is 5.84 Å². The maximum absolute atomic E-state index is 11.3. The molecule has 172 valence electrons. The fourth-order valence-corrected chi connectivity index (χ4v) is 4.18. The Hall–Kier alpha value is -1.46. The van der Waals surface area contributed by atoms with E-state index in [1.165, 1.54) is 77.0 Å². The second-order valence-corrected chi connectivity index (χ2v) is 8.73. The number of hydrogen-bond donors (Lipinski definition) is 2. The van der Waals surface area contributed by atoms with E-state index in [-0.39, 0.29) is 17.2 Å². The molecule has 0 amide bonds. The van der Waals surface area contributed by atoms with E-state index in [2.05, 4.69) is 24.1 Å². The monoisotopic (exact) mass is 420 g/mol. The molecule has 5 nitrogen and oxygen atoms in total. The molecule has 0 saturated heterocycles. The number of hydrogen-bond acceptors (Lipinski definition) is 3. The van der Waals surface area contributed by atoms with Gasteiger partial charge in [-0.3, -0.25) is 5.73 Å². The molecule has 0 fully saturated rings. The van der Waals surface area contributed by atoms with E-state index in [1.54, 1.807) is 6.20 Å². The number of amidine groups is 1. The van der Waals surface area contributed by atoms with Crippen LogP contribution in [0.3, 0.4) is 0 Å². The molecule has 30 heavy (non-hydrogen) atoms. The van der Waals surface area contributed by atoms with Gasteiger partial charge in [-0.15, -0.1) is 0 Å². The smallest absolute Gasteiger partial charge is 0.360 e. The summed E-state index contributed by atoms with van der Waals surface area (Å²) in [6.07, 6.45) is 26.8. The van der Waals surface area contributed by atoms with Crippen molar-refractivity contribution in [1.29, 1.82) is 0 Å². The molecule has 1 aliphatic heterocycles. The van der Waals surface area contributed by atoms with Crippen LogP contribution in [0.1, 0.15) is 110 Å². The first-order valence-corrected chi connectivity index (χ1v) is 12.3. The average molecular weight is 421 g/mol. The van der Waals surface area contributed by atoms with E-state index in [1.807, 2.05) is 13.1 Å². The Morgan fingerprint density at radius 1 is 1.00 bits per heavy atom. The molecule has 0 aliphatic carbocycles. The number of carboxylic acids is 1. The molecule has 0 aromatic rings. The normalized spacial score (nSPS) is 19.5. The molecule has 0 saturated carbocycles. The molecule has 1 aliphatic rings. The van der Waals surface area contributed by atoms with Crippen LogP contribution >= 0.6 is 0 Å². The number of allylic oxidation sites excluding steroid dienone is 2. The van der Waals surface area contributed by atoms with Gasteiger partial charge in [0.25, 0.3) is 0 Å². The van der Waals surface area contributed by atoms with Crippen LogP contribution in [0.4, 0.5) is 0 Å². The SMILES string of the molecule is CC/C=C/CCCCCCCCCCCCCCC1=NC=C[N+]1(CC(=O)O)C(C)N. The van der Waals surface area contributed by atoms with Crippen LogP contribution in [0, 0.1) is 0 Å². The lowest BCUT2D eigenvalue weighted by molar-refractivity contribution is -0.805. The summed E-state index contributed by atoms with van der Waals surface area (Å²) in [6.45, 7) is 4.03. The zero-order valence-electron chi connectivity index (χ0n) is 19.5. The predicted molar refractivity (Wildman–Crippen MR) is 127 cm³/mol. The number of nitrogens with zero attached hydrogens (tertiary/aromatic N) is 2. The van der Waals surface area contributed by atoms with Crippen LogP contribution in [0.15, 0.2) is 29.5 Å². The molecule has 0 aromatic carbocycles. The van der Waals surface area contributed by atoms with Crippen molar-refractivity contribution >= 4 is 11.8 Å². The second-order valence-electron chi connectivity index (χ2n) is 8.73. The van der Waals surface area contributed by atoms with Crippen molar-refractivity contribution in [3.8, 4) is 0 Å². The molecule has 0 aromatic heterocycles. The van der Waals surface area contributed by atoms with Crippen molar-refractivity contribution in [2.24, 2.45) is 10.7 Å². The molecule has 1 heterocycles. The minimum Gasteiger partial charge on any atom is -0.477 e. The summed E-state index contributed by atoms with van der Waals surface area (Å²) in [4.78, 5) is 15.7. The van der Waals surface area contributed by atoms with Crippen LogP contribution in [-0.4, -0.2) is 34.1 Å². The van der Waals surface area contributed by atoms with Gasteiger partial charge in [-0.05, 0) is 25.7 Å². The Bertz CT molecular complexity index is 555. The number of carbonyl (C=O) groups is 1. The lowest BCUT2D eigenvalue weighted by Crippen LogP contribution is -2.59. The molecule has 2 unspecified atom stereocenters. The number of rotatable bonds is 19. The van der Waals surface area contributed by atoms with Crippen molar-refractivity contribution in [1.82, 2.24) is 0 Å². The Labute approximate surface area is 184 Å². The van der Waals surface area contributed by atoms with Gasteiger partial charge in [0.05, 0.1) is 6.20 Å². The Balaban J connectivity index is 1.99. The first-order valence-electron chi connectivity index (χ1n) is 12.3. The first kappa shape index (κ1) is 26.6. The van der Waals surface area contributed by atoms with Crippen molar-refractivity contribution < 1.29 is 14.4 Å². The summed E-state index contributed by atoms with van der Waals surface area (Å²) in [7, 11) is 0. The summed E-state index contributed by atoms with van der Waals surface area (Å²) in [6, 6.07) is 0. The molecule has 0 bridgehead atoms. The summed E-state index contributed by atoms with van der Waals surface area (Å²) in [5.74, 6) is 0.0597. The summed E-state index contributed by atoms with van der Waals surface area (Å²) < 4.78 is 0.171. The zero-order chi connectivity index (χ0) is 22.1. The lowest BCUT2D eigenvalue weighted by Gasteiger charge is -2.34. The number of quaternary nitrogens is 1. The fourth-order valence-electron chi connectivity index (χ4n) is 4.18. The largest absolute Gasteiger partial charge is 0.477 e. The van der Waals surface area contributed by atoms with E-state index in [0.717, 1.165) is 25.1 Å². The highest BCUT2D eigenvalue weighted by Crippen LogP contribution is 2.23. The standard InChI is InChI=1S/C25H45N3O2/c1-3-4-5-6-7-8-9-10-11-12-13-14-15-16-17-18-19-24-27-20-21-28(24,23(2)26)22-25(29)30/h4-5,20-21,23H,3,6-19,22,26H2,1-2H3/p+1/b5-4+. The van der Waals surface area contributed by atoms with Gasteiger partial charge in [0, 0.05) is 13.3 Å². The third-order valence-electron chi connectivity index (χ3n) is 6.08. The van der Waals surface area contributed by atoms with Gasteiger partial charge < -0.3 is 5.11 Å². The topological polar surface area (TPSA) is 75.7 Å². The number of aliphatic imine (C=N–C) groups is 1. The van der Waals surface area contributed by atoms with E-state index in [0.29, 0.717) is 0 Å². The minimum absolute atomic E-state index is 0.0249. The minimum atomic E-state index is -0.837. The van der Waals surface area contributed by atoms with Crippen molar-refractivity contribution in [3.05, 3.63) is 24.6 Å². The van der Waals surface area contributed by atoms with Crippen LogP contribution < -0.4 is 5.73 Å². The fraction of sp³-hybridized carbons (Fsp3) is 0.760. The Kier molecular flexibility index (Phi) is 14.4. The predicted octanol–water partition coefficient (Wildman–Crippen LogP) is 6.50. The second kappa shape index (κ2) is 16.3. The third-order valence-corrected chi connectivity index (χ3v) is 6.08. The van der Waals surface area contributed by atoms with Crippen molar-refractivity contribution in [2.75, 3.05) is 6.54 Å². The highest BCUT2D eigenvalue weighted by atomic mass is 16.4. The third kappa shape index (κ3) is 10.5. The Morgan fingerprint density at radius 2 is 1.53 bits per heavy atom. The Morgan fingerprint density at radius 3 is 2.03 bits per heavy atom. The van der Waals surface area contributed by atoms with Gasteiger partial charge in [-0.2, -0.15) is 0 Å². The number of aliphatic carboxylic acids is 1. The molecule has 5 heteroatoms. The zero-order valence-corrected chi connectivity index (χ0v) is 19.5. The maximum Gasteiger partial charge on any atom is 0.360 e. The van der Waals surface area contributed by atoms with Gasteiger partial charge in [0.15, 0.2) is 6.54 Å². The maximum atomic E-state index is 11.3. The first-order chi connectivity index (χ1) is 14.5. The van der Waals surface area contributed by atoms with Crippen LogP contribution in [0.25, 0.3) is 0 Å². The summed E-state index contributed by atoms with van der Waals surface area (Å²) >= 11 is 0. The van der Waals surface area contributed by atoms with Crippen molar-refractivity contribution in [3.63, 3.8) is 0 Å². The number of carboxylic acid groups (broad SMARTS) is 1. The summed E-state index contributed by atoms with van der Waals surface area (Å²) in [5.41, 5.74) is 6.11. The van der Waals surface area contributed by atoms with Crippen molar-refractivity contribution in [2.45, 2.75) is 116 Å². The molecule has 0 spiro atoms. The van der Waals surface area contributed by atoms with Gasteiger partial charge >= 0.3 is 5.97 Å². The highest BCUT2D eigenvalue weighted by Gasteiger charge is 2.40. The average Bonchev–Trinajstić information content (AvgIpc) is 3.10. The van der Waals surface area contributed by atoms with Crippen LogP contribution in [0.5, 0.6) is 0 Å². The summed E-state index contributed by atoms with van der Waals surface area (Å²) in [5, 5.41) is 9.26. The van der Waals surface area contributed by atoms with Gasteiger partial charge in [0.1, 0.15) is 12.4 Å². The van der Waals surface area contributed by atoms with E-state index < -0.39 is 5.97 Å². The van der Waals surface area contributed by atoms with Gasteiger partial charge in [-0.1, -0.05) is 83.3 Å². The van der Waals surface area contributed by atoms with E-state index in [4.69, 9.17) is 5.73 Å². The molecule has 2 atom stereocenters. The van der Waals surface area contributed by atoms with Gasteiger partial charge in [-0.25, -0.2) is 14.3 Å². The van der Waals surface area contributed by atoms with E-state index >= 15 is 0 Å². The van der Waals surface area contributed by atoms with Crippen LogP contribution in [-0.2, 0) is 4.79 Å². The molecule has 3 N–H and O–H groups in total.